The number of amides is 1. The normalized spacial score (nSPS) is 11.7. The lowest BCUT2D eigenvalue weighted by Crippen LogP contribution is -2.29. The van der Waals surface area contributed by atoms with Crippen molar-refractivity contribution in [3.8, 4) is 5.75 Å². The number of esters is 1. The van der Waals surface area contributed by atoms with Crippen LogP contribution in [0.4, 0.5) is 15.8 Å². The van der Waals surface area contributed by atoms with Gasteiger partial charge in [-0.05, 0) is 36.8 Å². The van der Waals surface area contributed by atoms with Crippen LogP contribution in [0.2, 0.25) is 0 Å². The van der Waals surface area contributed by atoms with Gasteiger partial charge < -0.3 is 14.8 Å². The molecule has 1 N–H and O–H groups in total. The highest BCUT2D eigenvalue weighted by atomic mass is 19.1. The Labute approximate surface area is 159 Å². The Balaban J connectivity index is 2.00. The molecule has 2 aromatic rings. The molecule has 0 heterocycles. The van der Waals surface area contributed by atoms with Crippen LogP contribution in [0.15, 0.2) is 48.5 Å². The Morgan fingerprint density at radius 1 is 1.21 bits per heavy atom. The van der Waals surface area contributed by atoms with E-state index in [1.54, 1.807) is 0 Å². The second-order valence-corrected chi connectivity index (χ2v) is 5.59. The lowest BCUT2D eigenvalue weighted by molar-refractivity contribution is -0.384. The molecule has 0 saturated carbocycles. The zero-order chi connectivity index (χ0) is 20.7. The zero-order valence-electron chi connectivity index (χ0n) is 15.0. The van der Waals surface area contributed by atoms with Gasteiger partial charge in [0.2, 0.25) is 0 Å². The first-order valence-electron chi connectivity index (χ1n) is 8.07. The summed E-state index contributed by atoms with van der Waals surface area (Å²) in [5.41, 5.74) is 0.422. The number of benzene rings is 2. The van der Waals surface area contributed by atoms with Crippen molar-refractivity contribution in [2.75, 3.05) is 12.4 Å². The van der Waals surface area contributed by atoms with Crippen molar-refractivity contribution in [3.63, 3.8) is 0 Å². The number of non-ortho nitro benzene ring substituents is 1. The van der Waals surface area contributed by atoms with Gasteiger partial charge in [-0.2, -0.15) is 0 Å². The Morgan fingerprint density at radius 2 is 1.89 bits per heavy atom. The monoisotopic (exact) mass is 388 g/mol. The van der Waals surface area contributed by atoms with Crippen LogP contribution in [0.5, 0.6) is 5.75 Å². The lowest BCUT2D eigenvalue weighted by atomic mass is 10.2. The number of nitrogens with zero attached hydrogens (tertiary/aromatic N) is 1. The molecule has 0 saturated heterocycles. The summed E-state index contributed by atoms with van der Waals surface area (Å²) in [6.45, 7) is 1.35. The van der Waals surface area contributed by atoms with Crippen molar-refractivity contribution >= 4 is 29.3 Å². The van der Waals surface area contributed by atoms with Gasteiger partial charge in [-0.3, -0.25) is 14.9 Å². The van der Waals surface area contributed by atoms with Crippen molar-refractivity contribution in [2.24, 2.45) is 0 Å². The quantitative estimate of drug-likeness (QED) is 0.337. The summed E-state index contributed by atoms with van der Waals surface area (Å²) in [4.78, 5) is 34.3. The molecule has 0 aliphatic carbocycles. The molecule has 9 heteroatoms. The van der Waals surface area contributed by atoms with Crippen molar-refractivity contribution in [3.05, 3.63) is 70.0 Å². The maximum Gasteiger partial charge on any atom is 0.331 e. The number of rotatable bonds is 7. The molecule has 0 unspecified atom stereocenters. The molecule has 0 aliphatic rings. The van der Waals surface area contributed by atoms with Gasteiger partial charge in [0.1, 0.15) is 11.6 Å². The molecular formula is C19H17FN2O6. The Bertz CT molecular complexity index is 911. The third-order valence-electron chi connectivity index (χ3n) is 3.60. The van der Waals surface area contributed by atoms with Crippen LogP contribution in [0.1, 0.15) is 12.5 Å². The molecule has 1 atom stereocenters. The highest BCUT2D eigenvalue weighted by Gasteiger charge is 2.20. The number of methoxy groups -OCH3 is 1. The van der Waals surface area contributed by atoms with Crippen LogP contribution in [0.25, 0.3) is 6.08 Å². The first-order valence-corrected chi connectivity index (χ1v) is 8.07. The van der Waals surface area contributed by atoms with Crippen LogP contribution in [-0.2, 0) is 14.3 Å². The third-order valence-corrected chi connectivity index (χ3v) is 3.60. The highest BCUT2D eigenvalue weighted by Crippen LogP contribution is 2.29. The van der Waals surface area contributed by atoms with Gasteiger partial charge in [-0.15, -0.1) is 0 Å². The van der Waals surface area contributed by atoms with Crippen molar-refractivity contribution in [2.45, 2.75) is 13.0 Å². The number of halogens is 1. The summed E-state index contributed by atoms with van der Waals surface area (Å²) >= 11 is 0. The molecule has 0 bridgehead atoms. The van der Waals surface area contributed by atoms with E-state index in [9.17, 15) is 24.1 Å². The number of carbonyl (C=O) groups is 2. The maximum absolute atomic E-state index is 12.8. The Kier molecular flexibility index (Phi) is 6.80. The van der Waals surface area contributed by atoms with E-state index in [1.165, 1.54) is 56.5 Å². The summed E-state index contributed by atoms with van der Waals surface area (Å²) < 4.78 is 22.9. The Morgan fingerprint density at radius 3 is 2.50 bits per heavy atom. The second kappa shape index (κ2) is 9.26. The van der Waals surface area contributed by atoms with E-state index in [0.717, 1.165) is 12.1 Å². The number of nitro groups is 1. The van der Waals surface area contributed by atoms with Crippen molar-refractivity contribution < 1.29 is 28.4 Å². The molecular weight excluding hydrogens is 371 g/mol. The van der Waals surface area contributed by atoms with E-state index in [0.29, 0.717) is 5.56 Å². The third kappa shape index (κ3) is 5.63. The number of anilines is 1. The average molecular weight is 388 g/mol. The lowest BCUT2D eigenvalue weighted by Gasteiger charge is -2.14. The number of hydrogen-bond acceptors (Lipinski definition) is 6. The standard InChI is InChI=1S/C19H17FN2O6/c1-12(28-18(23)10-5-13-3-6-14(20)7-4-13)19(24)21-16-11-15(22(25)26)8-9-17(16)27-2/h3-12H,1-2H3,(H,21,24)/b10-5+/t12-/m0/s1. The van der Waals surface area contributed by atoms with E-state index >= 15 is 0 Å². The van der Waals surface area contributed by atoms with Gasteiger partial charge in [-0.25, -0.2) is 9.18 Å². The molecule has 0 aromatic heterocycles. The molecule has 8 nitrogen and oxygen atoms in total. The molecule has 0 spiro atoms. The molecule has 0 fully saturated rings. The van der Waals surface area contributed by atoms with Gasteiger partial charge in [0.05, 0.1) is 17.7 Å². The summed E-state index contributed by atoms with van der Waals surface area (Å²) in [5.74, 6) is -1.66. The van der Waals surface area contributed by atoms with Crippen LogP contribution in [0, 0.1) is 15.9 Å². The van der Waals surface area contributed by atoms with Crippen LogP contribution in [0.3, 0.4) is 0 Å². The number of nitro benzene ring substituents is 1. The van der Waals surface area contributed by atoms with E-state index < -0.39 is 28.7 Å². The average Bonchev–Trinajstić information content (AvgIpc) is 2.67. The zero-order valence-corrected chi connectivity index (χ0v) is 15.0. The second-order valence-electron chi connectivity index (χ2n) is 5.59. The van der Waals surface area contributed by atoms with Crippen LogP contribution >= 0.6 is 0 Å². The molecule has 2 aromatic carbocycles. The van der Waals surface area contributed by atoms with Crippen molar-refractivity contribution in [1.29, 1.82) is 0 Å². The molecule has 146 valence electrons. The van der Waals surface area contributed by atoms with E-state index in [1.807, 2.05) is 0 Å². The minimum absolute atomic E-state index is 0.0754. The predicted molar refractivity (Wildman–Crippen MR) is 99.3 cm³/mol. The summed E-state index contributed by atoms with van der Waals surface area (Å²) in [6.07, 6.45) is 1.34. The van der Waals surface area contributed by atoms with Gasteiger partial charge in [-0.1, -0.05) is 12.1 Å². The number of hydrogen-bond donors (Lipinski definition) is 1. The summed E-state index contributed by atoms with van der Waals surface area (Å²) in [7, 11) is 1.35. The molecule has 0 aliphatic heterocycles. The minimum atomic E-state index is -1.17. The Hall–Kier alpha value is -3.75. The van der Waals surface area contributed by atoms with Gasteiger partial charge in [0.15, 0.2) is 6.10 Å². The highest BCUT2D eigenvalue weighted by molar-refractivity contribution is 5.97. The summed E-state index contributed by atoms with van der Waals surface area (Å²) in [6, 6.07) is 9.16. The topological polar surface area (TPSA) is 108 Å². The number of ether oxygens (including phenoxy) is 2. The van der Waals surface area contributed by atoms with Crippen LogP contribution < -0.4 is 10.1 Å². The minimum Gasteiger partial charge on any atom is -0.495 e. The first kappa shape index (κ1) is 20.6. The SMILES string of the molecule is COc1ccc([N+](=O)[O-])cc1NC(=O)[C@H](C)OC(=O)/C=C/c1ccc(F)cc1. The van der Waals surface area contributed by atoms with Gasteiger partial charge >= 0.3 is 5.97 Å². The molecule has 28 heavy (non-hydrogen) atoms. The van der Waals surface area contributed by atoms with Gasteiger partial charge in [0.25, 0.3) is 11.6 Å². The first-order chi connectivity index (χ1) is 13.3. The van der Waals surface area contributed by atoms with E-state index in [4.69, 9.17) is 9.47 Å². The van der Waals surface area contributed by atoms with E-state index in [2.05, 4.69) is 5.32 Å². The number of nitrogens with one attached hydrogen (secondary N) is 1. The molecule has 0 radical (unpaired) electrons. The molecule has 1 amide bonds. The fourth-order valence-electron chi connectivity index (χ4n) is 2.15. The fraction of sp³-hybridized carbons (Fsp3) is 0.158. The predicted octanol–water partition coefficient (Wildman–Crippen LogP) is 3.33. The van der Waals surface area contributed by atoms with E-state index in [-0.39, 0.29) is 17.1 Å². The summed E-state index contributed by atoms with van der Waals surface area (Å²) in [5, 5.41) is 13.3. The van der Waals surface area contributed by atoms with Crippen molar-refractivity contribution in [1.82, 2.24) is 0 Å². The maximum atomic E-state index is 12.8. The van der Waals surface area contributed by atoms with Gasteiger partial charge in [0, 0.05) is 18.2 Å². The largest absolute Gasteiger partial charge is 0.495 e. The molecule has 2 rings (SSSR count). The van der Waals surface area contributed by atoms with Crippen LogP contribution in [-0.4, -0.2) is 30.0 Å². The smallest absolute Gasteiger partial charge is 0.331 e. The fourth-order valence-corrected chi connectivity index (χ4v) is 2.15. The number of carbonyl (C=O) groups excluding carboxylic acids is 2.